The number of benzene rings is 2. The zero-order chi connectivity index (χ0) is 19.9. The molecule has 0 aliphatic heterocycles. The van der Waals surface area contributed by atoms with E-state index in [1.165, 1.54) is 28.2 Å². The topological polar surface area (TPSA) is 96.6 Å². The number of primary sulfonamides is 1. The number of hydrogen-bond donors (Lipinski definition) is 3. The highest BCUT2D eigenvalue weighted by atomic mass is 127. The minimum Gasteiger partial charge on any atom is -0.357 e. The number of nitrogens with zero attached hydrogens (tertiary/aromatic N) is 1. The molecule has 0 radical (unpaired) electrons. The van der Waals surface area contributed by atoms with Crippen molar-refractivity contribution in [2.24, 2.45) is 10.1 Å². The quantitative estimate of drug-likeness (QED) is 0.220. The van der Waals surface area contributed by atoms with Crippen LogP contribution in [0.2, 0.25) is 0 Å². The predicted molar refractivity (Wildman–Crippen MR) is 128 cm³/mol. The number of halogens is 1. The van der Waals surface area contributed by atoms with Crippen LogP contribution < -0.4 is 15.8 Å². The Bertz CT molecular complexity index is 901. The van der Waals surface area contributed by atoms with Crippen molar-refractivity contribution in [3.8, 4) is 0 Å². The van der Waals surface area contributed by atoms with Crippen LogP contribution in [-0.4, -0.2) is 27.2 Å². The minimum absolute atomic E-state index is 0. The average Bonchev–Trinajstić information content (AvgIpc) is 2.64. The number of sulfonamides is 1. The van der Waals surface area contributed by atoms with Gasteiger partial charge in [-0.3, -0.25) is 0 Å². The van der Waals surface area contributed by atoms with Crippen molar-refractivity contribution < 1.29 is 8.42 Å². The van der Waals surface area contributed by atoms with E-state index in [9.17, 15) is 8.42 Å². The fourth-order valence-corrected chi connectivity index (χ4v) is 3.69. The van der Waals surface area contributed by atoms with Gasteiger partial charge >= 0.3 is 0 Å². The fraction of sp³-hybridized carbons (Fsp3) is 0.316. The van der Waals surface area contributed by atoms with Crippen LogP contribution in [-0.2, 0) is 23.1 Å². The molecule has 6 nitrogen and oxygen atoms in total. The summed E-state index contributed by atoms with van der Waals surface area (Å²) in [6.45, 7) is 5.95. The lowest BCUT2D eigenvalue weighted by atomic mass is 10.1. The van der Waals surface area contributed by atoms with E-state index in [-0.39, 0.29) is 28.9 Å². The van der Waals surface area contributed by atoms with Crippen LogP contribution in [0.1, 0.15) is 23.6 Å². The van der Waals surface area contributed by atoms with Gasteiger partial charge < -0.3 is 10.6 Å². The van der Waals surface area contributed by atoms with Gasteiger partial charge in [0.15, 0.2) is 5.96 Å². The lowest BCUT2D eigenvalue weighted by Gasteiger charge is -2.14. The van der Waals surface area contributed by atoms with Crippen molar-refractivity contribution >= 4 is 51.7 Å². The zero-order valence-electron chi connectivity index (χ0n) is 16.2. The number of rotatable bonds is 7. The first-order valence-corrected chi connectivity index (χ1v) is 11.4. The van der Waals surface area contributed by atoms with Crippen molar-refractivity contribution in [3.63, 3.8) is 0 Å². The lowest BCUT2D eigenvalue weighted by molar-refractivity contribution is 0.598. The van der Waals surface area contributed by atoms with E-state index in [4.69, 9.17) is 5.14 Å². The molecule has 0 saturated carbocycles. The molecule has 0 saturated heterocycles. The predicted octanol–water partition coefficient (Wildman–Crippen LogP) is 3.24. The van der Waals surface area contributed by atoms with Gasteiger partial charge in [0.1, 0.15) is 0 Å². The highest BCUT2D eigenvalue weighted by Crippen LogP contribution is 2.21. The lowest BCUT2D eigenvalue weighted by Crippen LogP contribution is -2.36. The smallest absolute Gasteiger partial charge is 0.238 e. The molecular weight excluding hydrogens is 507 g/mol. The second-order valence-corrected chi connectivity index (χ2v) is 8.46. The van der Waals surface area contributed by atoms with Gasteiger partial charge in [0, 0.05) is 18.0 Å². The summed E-state index contributed by atoms with van der Waals surface area (Å²) in [5, 5.41) is 11.7. The molecule has 28 heavy (non-hydrogen) atoms. The Kier molecular flexibility index (Phi) is 10.3. The maximum absolute atomic E-state index is 11.3. The average molecular weight is 534 g/mol. The van der Waals surface area contributed by atoms with Crippen LogP contribution in [0.15, 0.2) is 57.2 Å². The first-order chi connectivity index (χ1) is 12.8. The summed E-state index contributed by atoms with van der Waals surface area (Å²) < 4.78 is 22.6. The molecule has 4 N–H and O–H groups in total. The van der Waals surface area contributed by atoms with E-state index in [0.29, 0.717) is 19.0 Å². The van der Waals surface area contributed by atoms with E-state index in [0.717, 1.165) is 12.1 Å². The van der Waals surface area contributed by atoms with Gasteiger partial charge in [0.05, 0.1) is 11.4 Å². The molecule has 2 aromatic carbocycles. The summed E-state index contributed by atoms with van der Waals surface area (Å²) >= 11 is 1.73. The monoisotopic (exact) mass is 534 g/mol. The third kappa shape index (κ3) is 7.61. The third-order valence-corrected chi connectivity index (χ3v) is 5.65. The van der Waals surface area contributed by atoms with Crippen molar-refractivity contribution in [2.45, 2.75) is 36.7 Å². The van der Waals surface area contributed by atoms with Crippen LogP contribution in [0, 0.1) is 6.92 Å². The summed E-state index contributed by atoms with van der Waals surface area (Å²) in [6.07, 6.45) is 2.07. The Balaban J connectivity index is 0.00000392. The first kappa shape index (κ1) is 24.7. The molecule has 0 aliphatic carbocycles. The Labute approximate surface area is 188 Å². The van der Waals surface area contributed by atoms with Gasteiger partial charge in [-0.15, -0.1) is 35.7 Å². The second-order valence-electron chi connectivity index (χ2n) is 6.05. The van der Waals surface area contributed by atoms with Gasteiger partial charge in [-0.1, -0.05) is 24.3 Å². The number of aryl methyl sites for hydroxylation is 1. The van der Waals surface area contributed by atoms with Crippen molar-refractivity contribution in [3.05, 3.63) is 59.2 Å². The van der Waals surface area contributed by atoms with Gasteiger partial charge in [0.25, 0.3) is 0 Å². The van der Waals surface area contributed by atoms with Gasteiger partial charge in [-0.05, 0) is 55.0 Å². The summed E-state index contributed by atoms with van der Waals surface area (Å²) in [5.41, 5.74) is 3.36. The molecule has 0 unspecified atom stereocenters. The summed E-state index contributed by atoms with van der Waals surface area (Å²) in [4.78, 5) is 5.92. The molecule has 154 valence electrons. The Hall–Kier alpha value is -1.30. The second kappa shape index (κ2) is 11.6. The standard InChI is InChI=1S/C19H26N4O2S2.HI/c1-4-21-19(23-13-16-8-5-14(2)11-18(16)26-3)22-12-15-6-9-17(10-7-15)27(20,24)25;/h5-11H,4,12-13H2,1-3H3,(H2,20,24,25)(H2,21,22,23);1H. The molecule has 0 bridgehead atoms. The molecule has 0 spiro atoms. The van der Waals surface area contributed by atoms with Crippen molar-refractivity contribution in [2.75, 3.05) is 12.8 Å². The van der Waals surface area contributed by atoms with E-state index in [1.807, 2.05) is 6.92 Å². The molecule has 0 aliphatic rings. The maximum Gasteiger partial charge on any atom is 0.238 e. The van der Waals surface area contributed by atoms with Crippen LogP contribution in [0.4, 0.5) is 0 Å². The Morgan fingerprint density at radius 2 is 1.82 bits per heavy atom. The van der Waals surface area contributed by atoms with Crippen LogP contribution in [0.3, 0.4) is 0 Å². The SMILES string of the molecule is CCNC(=NCc1ccc(S(N)(=O)=O)cc1)NCc1ccc(C)cc1SC.I. The van der Waals surface area contributed by atoms with E-state index in [2.05, 4.69) is 47.0 Å². The van der Waals surface area contributed by atoms with Crippen LogP contribution in [0.25, 0.3) is 0 Å². The number of nitrogens with one attached hydrogen (secondary N) is 2. The minimum atomic E-state index is -3.67. The third-order valence-electron chi connectivity index (χ3n) is 3.90. The number of guanidine groups is 1. The normalized spacial score (nSPS) is 11.6. The molecule has 9 heteroatoms. The number of hydrogen-bond acceptors (Lipinski definition) is 4. The number of thioether (sulfide) groups is 1. The number of nitrogens with two attached hydrogens (primary N) is 1. The molecule has 2 aromatic rings. The number of aliphatic imine (C=N–C) groups is 1. The zero-order valence-corrected chi connectivity index (χ0v) is 20.2. The highest BCUT2D eigenvalue weighted by molar-refractivity contribution is 14.0. The van der Waals surface area contributed by atoms with Crippen LogP contribution >= 0.6 is 35.7 Å². The molecule has 0 fully saturated rings. The van der Waals surface area contributed by atoms with Crippen molar-refractivity contribution in [1.29, 1.82) is 0 Å². The summed E-state index contributed by atoms with van der Waals surface area (Å²) in [6, 6.07) is 12.8. The first-order valence-electron chi connectivity index (χ1n) is 8.61. The van der Waals surface area contributed by atoms with Gasteiger partial charge in [-0.25, -0.2) is 18.5 Å². The Morgan fingerprint density at radius 1 is 1.14 bits per heavy atom. The highest BCUT2D eigenvalue weighted by Gasteiger charge is 2.07. The molecule has 2 rings (SSSR count). The van der Waals surface area contributed by atoms with E-state index < -0.39 is 10.0 Å². The molecule has 0 amide bonds. The van der Waals surface area contributed by atoms with Gasteiger partial charge in [-0.2, -0.15) is 0 Å². The summed E-state index contributed by atoms with van der Waals surface area (Å²) in [7, 11) is -3.67. The molecular formula is C19H27IN4O2S2. The largest absolute Gasteiger partial charge is 0.357 e. The maximum atomic E-state index is 11.3. The fourth-order valence-electron chi connectivity index (χ4n) is 2.47. The van der Waals surface area contributed by atoms with Gasteiger partial charge in [0.2, 0.25) is 10.0 Å². The van der Waals surface area contributed by atoms with E-state index >= 15 is 0 Å². The summed E-state index contributed by atoms with van der Waals surface area (Å²) in [5.74, 6) is 0.709. The van der Waals surface area contributed by atoms with E-state index in [1.54, 1.807) is 23.9 Å². The van der Waals surface area contributed by atoms with Crippen molar-refractivity contribution in [1.82, 2.24) is 10.6 Å². The van der Waals surface area contributed by atoms with Crippen LogP contribution in [0.5, 0.6) is 0 Å². The molecule has 0 heterocycles. The molecule has 0 atom stereocenters. The Morgan fingerprint density at radius 3 is 2.39 bits per heavy atom. The molecule has 0 aromatic heterocycles.